The zero-order valence-corrected chi connectivity index (χ0v) is 12.0. The van der Waals surface area contributed by atoms with Crippen LogP contribution in [0.25, 0.3) is 0 Å². The summed E-state index contributed by atoms with van der Waals surface area (Å²) in [4.78, 5) is 2.91. The van der Waals surface area contributed by atoms with Crippen LogP contribution >= 0.6 is 0 Å². The van der Waals surface area contributed by atoms with Gasteiger partial charge in [-0.1, -0.05) is 19.8 Å². The van der Waals surface area contributed by atoms with E-state index in [0.29, 0.717) is 0 Å². The largest absolute Gasteiger partial charge is 0.330 e. The van der Waals surface area contributed by atoms with Crippen LogP contribution in [0.15, 0.2) is 0 Å². The molecule has 0 spiro atoms. The highest BCUT2D eigenvalue weighted by atomic mass is 15.2. The molecule has 0 bridgehead atoms. The third-order valence-corrected chi connectivity index (χ3v) is 5.98. The number of nitrogens with zero attached hydrogens (tertiary/aromatic N) is 1. The van der Waals surface area contributed by atoms with Crippen LogP contribution in [0.3, 0.4) is 0 Å². The molecule has 2 nitrogen and oxygen atoms in total. The first kappa shape index (κ1) is 12.9. The Morgan fingerprint density at radius 2 is 1.83 bits per heavy atom. The van der Waals surface area contributed by atoms with Gasteiger partial charge in [-0.15, -0.1) is 0 Å². The van der Waals surface area contributed by atoms with Gasteiger partial charge in [0.25, 0.3) is 0 Å². The van der Waals surface area contributed by atoms with E-state index in [1.165, 1.54) is 57.9 Å². The highest BCUT2D eigenvalue weighted by Crippen LogP contribution is 2.41. The van der Waals surface area contributed by atoms with Crippen molar-refractivity contribution in [2.45, 2.75) is 70.4 Å². The summed E-state index contributed by atoms with van der Waals surface area (Å²) >= 11 is 0. The minimum Gasteiger partial charge on any atom is -0.330 e. The lowest BCUT2D eigenvalue weighted by Crippen LogP contribution is -2.54. The van der Waals surface area contributed by atoms with Crippen LogP contribution in [-0.2, 0) is 0 Å². The van der Waals surface area contributed by atoms with Crippen LogP contribution in [0.5, 0.6) is 0 Å². The second-order valence-electron chi connectivity index (χ2n) is 7.12. The van der Waals surface area contributed by atoms with Crippen molar-refractivity contribution < 1.29 is 0 Å². The number of piperidine rings is 1. The Morgan fingerprint density at radius 3 is 2.67 bits per heavy atom. The van der Waals surface area contributed by atoms with E-state index in [9.17, 15) is 0 Å². The molecule has 5 atom stereocenters. The van der Waals surface area contributed by atoms with Crippen LogP contribution in [-0.4, -0.2) is 30.1 Å². The fourth-order valence-corrected chi connectivity index (χ4v) is 5.00. The van der Waals surface area contributed by atoms with Crippen molar-refractivity contribution in [2.75, 3.05) is 13.1 Å². The number of likely N-dealkylation sites (tertiary alicyclic amines) is 1. The third-order valence-electron chi connectivity index (χ3n) is 5.98. The molecule has 0 aromatic rings. The summed E-state index contributed by atoms with van der Waals surface area (Å²) in [6, 6.07) is 1.73. The maximum absolute atomic E-state index is 6.06. The summed E-state index contributed by atoms with van der Waals surface area (Å²) in [6.07, 6.45) is 11.5. The average molecular weight is 250 g/mol. The molecule has 104 valence electrons. The highest BCUT2D eigenvalue weighted by Gasteiger charge is 2.41. The first-order valence-corrected chi connectivity index (χ1v) is 8.25. The summed E-state index contributed by atoms with van der Waals surface area (Å²) in [5.41, 5.74) is 6.06. The van der Waals surface area contributed by atoms with E-state index in [1.807, 2.05) is 0 Å². The number of hydrogen-bond acceptors (Lipinski definition) is 2. The monoisotopic (exact) mass is 250 g/mol. The van der Waals surface area contributed by atoms with Gasteiger partial charge in [-0.25, -0.2) is 0 Å². The third kappa shape index (κ3) is 2.34. The van der Waals surface area contributed by atoms with Gasteiger partial charge in [-0.05, 0) is 69.4 Å². The molecular weight excluding hydrogens is 220 g/mol. The van der Waals surface area contributed by atoms with Gasteiger partial charge in [0.15, 0.2) is 0 Å². The van der Waals surface area contributed by atoms with Crippen LogP contribution < -0.4 is 5.73 Å². The number of hydrogen-bond donors (Lipinski definition) is 1. The Hall–Kier alpha value is -0.0800. The molecule has 0 aromatic carbocycles. The molecule has 1 aliphatic heterocycles. The minimum absolute atomic E-state index is 0.778. The zero-order chi connectivity index (χ0) is 12.5. The molecule has 0 amide bonds. The smallest absolute Gasteiger partial charge is 0.0141 e. The Labute approximate surface area is 112 Å². The van der Waals surface area contributed by atoms with Crippen molar-refractivity contribution >= 4 is 0 Å². The van der Waals surface area contributed by atoms with E-state index < -0.39 is 0 Å². The van der Waals surface area contributed by atoms with Crippen molar-refractivity contribution in [3.05, 3.63) is 0 Å². The van der Waals surface area contributed by atoms with E-state index in [0.717, 1.165) is 36.4 Å². The fraction of sp³-hybridized carbons (Fsp3) is 1.00. The maximum Gasteiger partial charge on any atom is 0.0141 e. The molecule has 2 saturated carbocycles. The molecule has 3 rings (SSSR count). The van der Waals surface area contributed by atoms with Gasteiger partial charge in [-0.2, -0.15) is 0 Å². The van der Waals surface area contributed by atoms with Crippen molar-refractivity contribution in [3.63, 3.8) is 0 Å². The summed E-state index contributed by atoms with van der Waals surface area (Å²) in [5, 5.41) is 0. The molecule has 18 heavy (non-hydrogen) atoms. The van der Waals surface area contributed by atoms with Gasteiger partial charge in [0.2, 0.25) is 0 Å². The molecule has 3 fully saturated rings. The van der Waals surface area contributed by atoms with Crippen molar-refractivity contribution in [1.29, 1.82) is 0 Å². The van der Waals surface area contributed by atoms with Crippen molar-refractivity contribution in [3.8, 4) is 0 Å². The Morgan fingerprint density at radius 1 is 1.00 bits per heavy atom. The standard InChI is InChI=1S/C16H30N2/c1-12-7-8-14(11-17)16(10-12)18-9-3-5-13-4-2-6-15(13)18/h12-16H,2-11,17H2,1H3. The van der Waals surface area contributed by atoms with Gasteiger partial charge in [-0.3, -0.25) is 4.90 Å². The first-order valence-electron chi connectivity index (χ1n) is 8.25. The zero-order valence-electron chi connectivity index (χ0n) is 12.0. The first-order chi connectivity index (χ1) is 8.79. The quantitative estimate of drug-likeness (QED) is 0.816. The molecule has 5 unspecified atom stereocenters. The van der Waals surface area contributed by atoms with E-state index in [1.54, 1.807) is 0 Å². The molecular formula is C16H30N2. The lowest BCUT2D eigenvalue weighted by atomic mass is 9.76. The average Bonchev–Trinajstić information content (AvgIpc) is 2.86. The van der Waals surface area contributed by atoms with Crippen molar-refractivity contribution in [1.82, 2.24) is 4.90 Å². The predicted molar refractivity (Wildman–Crippen MR) is 76.4 cm³/mol. The van der Waals surface area contributed by atoms with Crippen LogP contribution in [0.1, 0.15) is 58.3 Å². The Kier molecular flexibility index (Phi) is 3.95. The molecule has 3 aliphatic rings. The molecule has 1 heterocycles. The van der Waals surface area contributed by atoms with E-state index in [-0.39, 0.29) is 0 Å². The minimum atomic E-state index is 0.778. The van der Waals surface area contributed by atoms with E-state index in [2.05, 4.69) is 11.8 Å². The normalized spacial score (nSPS) is 46.0. The number of nitrogens with two attached hydrogens (primary N) is 1. The topological polar surface area (TPSA) is 29.3 Å². The van der Waals surface area contributed by atoms with Gasteiger partial charge in [0.1, 0.15) is 0 Å². The molecule has 0 aromatic heterocycles. The van der Waals surface area contributed by atoms with Crippen LogP contribution in [0, 0.1) is 17.8 Å². The summed E-state index contributed by atoms with van der Waals surface area (Å²) < 4.78 is 0. The van der Waals surface area contributed by atoms with Gasteiger partial charge < -0.3 is 5.73 Å². The van der Waals surface area contributed by atoms with E-state index in [4.69, 9.17) is 5.73 Å². The SMILES string of the molecule is CC1CCC(CN)C(N2CCCC3CCCC32)C1. The van der Waals surface area contributed by atoms with E-state index >= 15 is 0 Å². The molecule has 2 heteroatoms. The number of fused-ring (bicyclic) bond motifs is 1. The molecule has 2 aliphatic carbocycles. The molecule has 2 N–H and O–H groups in total. The lowest BCUT2D eigenvalue weighted by Gasteiger charge is -2.48. The summed E-state index contributed by atoms with van der Waals surface area (Å²) in [7, 11) is 0. The van der Waals surface area contributed by atoms with Crippen molar-refractivity contribution in [2.24, 2.45) is 23.5 Å². The summed E-state index contributed by atoms with van der Waals surface area (Å²) in [5.74, 6) is 2.72. The van der Waals surface area contributed by atoms with Crippen LogP contribution in [0.4, 0.5) is 0 Å². The second-order valence-corrected chi connectivity index (χ2v) is 7.12. The fourth-order valence-electron chi connectivity index (χ4n) is 5.00. The van der Waals surface area contributed by atoms with Gasteiger partial charge in [0, 0.05) is 12.1 Å². The lowest BCUT2D eigenvalue weighted by molar-refractivity contribution is 0.0117. The van der Waals surface area contributed by atoms with Gasteiger partial charge in [0.05, 0.1) is 0 Å². The molecule has 0 radical (unpaired) electrons. The van der Waals surface area contributed by atoms with Crippen LogP contribution in [0.2, 0.25) is 0 Å². The maximum atomic E-state index is 6.06. The summed E-state index contributed by atoms with van der Waals surface area (Å²) in [6.45, 7) is 4.70. The highest BCUT2D eigenvalue weighted by molar-refractivity contribution is 4.96. The molecule has 1 saturated heterocycles. The Balaban J connectivity index is 1.74. The Bertz CT molecular complexity index is 278. The predicted octanol–water partition coefficient (Wildman–Crippen LogP) is 3.01. The number of rotatable bonds is 2. The second kappa shape index (κ2) is 5.50. The van der Waals surface area contributed by atoms with Gasteiger partial charge >= 0.3 is 0 Å².